The number of hydrogen-bond donors (Lipinski definition) is 9. The molecule has 4 atom stereocenters. The normalized spacial score (nSPS) is 13.5. The van der Waals surface area contributed by atoms with Crippen molar-refractivity contribution in [3.63, 3.8) is 0 Å². The molecule has 0 aliphatic carbocycles. The van der Waals surface area contributed by atoms with Gasteiger partial charge in [0.2, 0.25) is 17.7 Å². The minimum atomic E-state index is -1.35. The molecule has 3 amide bonds. The SMILES string of the molecule is NCCCC[C@H](NC(=O)[C@@H](N)Cc1ccc(O)cc1)C(=O)N[C@@H](Cc1ccc(O)cc1)C(=O)N[C@@H](Cc1ccc(O)cc1)C(=O)O. The summed E-state index contributed by atoms with van der Waals surface area (Å²) in [6, 6.07) is 13.4. The molecule has 11 N–H and O–H groups in total. The van der Waals surface area contributed by atoms with Crippen LogP contribution in [0.3, 0.4) is 0 Å². The minimum absolute atomic E-state index is 0.0000472. The van der Waals surface area contributed by atoms with Gasteiger partial charge in [0, 0.05) is 12.8 Å². The molecule has 13 heteroatoms. The zero-order valence-corrected chi connectivity index (χ0v) is 25.3. The lowest BCUT2D eigenvalue weighted by Crippen LogP contribution is -2.58. The molecule has 0 heterocycles. The standard InChI is InChI=1S/C33H41N5O8/c34-16-2-1-3-27(36-30(42)26(35)17-20-4-10-23(39)11-5-20)31(43)37-28(18-21-6-12-24(40)13-7-21)32(44)38-29(33(45)46)19-22-8-14-25(41)15-9-22/h4-15,26-29,39-41H,1-3,16-19,34-35H2,(H,36,42)(H,37,43)(H,38,44)(H,45,46)/t26-,27-,28-,29-/m0/s1. The van der Waals surface area contributed by atoms with Gasteiger partial charge < -0.3 is 47.8 Å². The number of carbonyl (C=O) groups is 4. The highest BCUT2D eigenvalue weighted by molar-refractivity contribution is 5.94. The molecule has 46 heavy (non-hydrogen) atoms. The number of phenols is 3. The highest BCUT2D eigenvalue weighted by Gasteiger charge is 2.30. The van der Waals surface area contributed by atoms with Gasteiger partial charge in [-0.25, -0.2) is 4.79 Å². The van der Waals surface area contributed by atoms with E-state index in [2.05, 4.69) is 16.0 Å². The van der Waals surface area contributed by atoms with Gasteiger partial charge in [-0.1, -0.05) is 36.4 Å². The Bertz CT molecular complexity index is 1450. The summed E-state index contributed by atoms with van der Waals surface area (Å²) >= 11 is 0. The van der Waals surface area contributed by atoms with E-state index in [1.807, 2.05) is 0 Å². The van der Waals surface area contributed by atoms with Crippen LogP contribution in [0.1, 0.15) is 36.0 Å². The van der Waals surface area contributed by atoms with E-state index in [0.717, 1.165) is 0 Å². The summed E-state index contributed by atoms with van der Waals surface area (Å²) in [5.41, 5.74) is 13.6. The number of phenolic OH excluding ortho intramolecular Hbond substituents is 3. The fourth-order valence-corrected chi connectivity index (χ4v) is 4.71. The third-order valence-corrected chi connectivity index (χ3v) is 7.31. The fourth-order valence-electron chi connectivity index (χ4n) is 4.71. The van der Waals surface area contributed by atoms with Crippen LogP contribution < -0.4 is 27.4 Å². The number of carboxylic acids is 1. The Labute approximate surface area is 266 Å². The number of benzene rings is 3. The molecule has 0 bridgehead atoms. The van der Waals surface area contributed by atoms with Crippen molar-refractivity contribution >= 4 is 23.7 Å². The van der Waals surface area contributed by atoms with Gasteiger partial charge >= 0.3 is 5.97 Å². The number of aliphatic carboxylic acids is 1. The zero-order chi connectivity index (χ0) is 33.6. The van der Waals surface area contributed by atoms with Crippen LogP contribution in [0.5, 0.6) is 17.2 Å². The molecule has 13 nitrogen and oxygen atoms in total. The van der Waals surface area contributed by atoms with Gasteiger partial charge in [0.05, 0.1) is 6.04 Å². The molecular formula is C33H41N5O8. The van der Waals surface area contributed by atoms with E-state index in [-0.39, 0.29) is 42.9 Å². The monoisotopic (exact) mass is 635 g/mol. The lowest BCUT2D eigenvalue weighted by atomic mass is 10.0. The number of hydrogen-bond acceptors (Lipinski definition) is 9. The van der Waals surface area contributed by atoms with Gasteiger partial charge in [-0.05, 0) is 85.3 Å². The van der Waals surface area contributed by atoms with Crippen molar-refractivity contribution in [1.29, 1.82) is 0 Å². The van der Waals surface area contributed by atoms with E-state index in [4.69, 9.17) is 11.5 Å². The van der Waals surface area contributed by atoms with Gasteiger partial charge in [0.25, 0.3) is 0 Å². The lowest BCUT2D eigenvalue weighted by Gasteiger charge is -2.25. The Morgan fingerprint density at radius 2 is 0.957 bits per heavy atom. The molecule has 0 fully saturated rings. The first-order valence-electron chi connectivity index (χ1n) is 14.9. The van der Waals surface area contributed by atoms with Crippen LogP contribution in [0.2, 0.25) is 0 Å². The Morgan fingerprint density at radius 3 is 1.41 bits per heavy atom. The summed E-state index contributed by atoms with van der Waals surface area (Å²) in [7, 11) is 0. The van der Waals surface area contributed by atoms with Gasteiger partial charge in [0.1, 0.15) is 35.4 Å². The molecule has 0 spiro atoms. The predicted molar refractivity (Wildman–Crippen MR) is 170 cm³/mol. The molecule has 3 aromatic rings. The van der Waals surface area contributed by atoms with Crippen molar-refractivity contribution in [2.45, 2.75) is 62.7 Å². The maximum Gasteiger partial charge on any atom is 0.326 e. The first-order chi connectivity index (χ1) is 21.9. The van der Waals surface area contributed by atoms with Crippen molar-refractivity contribution < 1.29 is 39.6 Å². The van der Waals surface area contributed by atoms with E-state index in [1.54, 1.807) is 24.3 Å². The second kappa shape index (κ2) is 17.4. The number of amides is 3. The minimum Gasteiger partial charge on any atom is -0.508 e. The van der Waals surface area contributed by atoms with Crippen LogP contribution in [0, 0.1) is 0 Å². The zero-order valence-electron chi connectivity index (χ0n) is 25.3. The first-order valence-corrected chi connectivity index (χ1v) is 14.9. The smallest absolute Gasteiger partial charge is 0.326 e. The fraction of sp³-hybridized carbons (Fsp3) is 0.333. The highest BCUT2D eigenvalue weighted by Crippen LogP contribution is 2.15. The van der Waals surface area contributed by atoms with E-state index in [0.29, 0.717) is 36.1 Å². The number of carbonyl (C=O) groups excluding carboxylic acids is 3. The maximum absolute atomic E-state index is 13.6. The molecule has 3 rings (SSSR count). The van der Waals surface area contributed by atoms with Crippen LogP contribution >= 0.6 is 0 Å². The number of unbranched alkanes of at least 4 members (excludes halogenated alkanes) is 1. The summed E-state index contributed by atoms with van der Waals surface area (Å²) in [6.07, 6.45) is 1.28. The maximum atomic E-state index is 13.6. The lowest BCUT2D eigenvalue weighted by molar-refractivity contribution is -0.142. The molecule has 3 aromatic carbocycles. The first kappa shape index (κ1) is 35.3. The molecule has 0 saturated heterocycles. The number of nitrogens with one attached hydrogen (secondary N) is 3. The second-order valence-electron chi connectivity index (χ2n) is 11.0. The van der Waals surface area contributed by atoms with Crippen LogP contribution in [0.25, 0.3) is 0 Å². The van der Waals surface area contributed by atoms with Crippen molar-refractivity contribution in [2.75, 3.05) is 6.54 Å². The third kappa shape index (κ3) is 11.4. The molecule has 0 aliphatic rings. The molecule has 0 radical (unpaired) electrons. The van der Waals surface area contributed by atoms with E-state index >= 15 is 0 Å². The highest BCUT2D eigenvalue weighted by atomic mass is 16.4. The molecule has 0 aromatic heterocycles. The number of aromatic hydroxyl groups is 3. The average molecular weight is 636 g/mol. The van der Waals surface area contributed by atoms with Gasteiger partial charge in [0.15, 0.2) is 0 Å². The largest absolute Gasteiger partial charge is 0.508 e. The molecule has 246 valence electrons. The number of nitrogens with two attached hydrogens (primary N) is 2. The van der Waals surface area contributed by atoms with Crippen LogP contribution in [0.15, 0.2) is 72.8 Å². The van der Waals surface area contributed by atoms with Crippen molar-refractivity contribution in [3.05, 3.63) is 89.5 Å². The van der Waals surface area contributed by atoms with E-state index in [9.17, 15) is 39.6 Å². The Morgan fingerprint density at radius 1 is 0.565 bits per heavy atom. The Hall–Kier alpha value is -5.14. The molecule has 0 unspecified atom stereocenters. The average Bonchev–Trinajstić information content (AvgIpc) is 3.02. The summed E-state index contributed by atoms with van der Waals surface area (Å²) in [5.74, 6) is -3.27. The molecular weight excluding hydrogens is 594 g/mol. The van der Waals surface area contributed by atoms with Crippen LogP contribution in [0.4, 0.5) is 0 Å². The topological polar surface area (TPSA) is 237 Å². The quantitative estimate of drug-likeness (QED) is 0.0947. The third-order valence-electron chi connectivity index (χ3n) is 7.31. The van der Waals surface area contributed by atoms with E-state index < -0.39 is 47.9 Å². The molecule has 0 saturated carbocycles. The van der Waals surface area contributed by atoms with Crippen LogP contribution in [-0.4, -0.2) is 74.8 Å². The predicted octanol–water partition coefficient (Wildman–Crippen LogP) is 0.827. The summed E-state index contributed by atoms with van der Waals surface area (Å²) in [6.45, 7) is 0.367. The van der Waals surface area contributed by atoms with Gasteiger partial charge in [-0.15, -0.1) is 0 Å². The van der Waals surface area contributed by atoms with Crippen molar-refractivity contribution in [3.8, 4) is 17.2 Å². The molecule has 0 aliphatic heterocycles. The van der Waals surface area contributed by atoms with Crippen molar-refractivity contribution in [1.82, 2.24) is 16.0 Å². The Kier molecular flexibility index (Phi) is 13.3. The van der Waals surface area contributed by atoms with Gasteiger partial charge in [-0.2, -0.15) is 0 Å². The van der Waals surface area contributed by atoms with Crippen LogP contribution in [-0.2, 0) is 38.4 Å². The summed E-state index contributed by atoms with van der Waals surface area (Å²) in [4.78, 5) is 52.3. The van der Waals surface area contributed by atoms with Gasteiger partial charge in [-0.3, -0.25) is 14.4 Å². The summed E-state index contributed by atoms with van der Waals surface area (Å²) < 4.78 is 0. The Balaban J connectivity index is 1.78. The van der Waals surface area contributed by atoms with E-state index in [1.165, 1.54) is 48.5 Å². The second-order valence-corrected chi connectivity index (χ2v) is 11.0. The summed E-state index contributed by atoms with van der Waals surface area (Å²) in [5, 5.41) is 46.4. The number of carboxylic acid groups (broad SMARTS) is 1. The van der Waals surface area contributed by atoms with Crippen molar-refractivity contribution in [2.24, 2.45) is 11.5 Å². The number of rotatable bonds is 17.